The number of hydrogen-bond donors (Lipinski definition) is 0. The van der Waals surface area contributed by atoms with Crippen molar-refractivity contribution in [1.29, 1.82) is 0 Å². The van der Waals surface area contributed by atoms with E-state index in [0.29, 0.717) is 0 Å². The number of methoxy groups -OCH3 is 2. The van der Waals surface area contributed by atoms with Crippen molar-refractivity contribution in [2.24, 2.45) is 0 Å². The van der Waals surface area contributed by atoms with Crippen LogP contribution in [0.1, 0.15) is 11.1 Å². The maximum absolute atomic E-state index is 5.43. The number of hydrogen-bond acceptors (Lipinski definition) is 6. The Morgan fingerprint density at radius 3 is 2.33 bits per heavy atom. The molecule has 24 heavy (non-hydrogen) atoms. The van der Waals surface area contributed by atoms with Crippen molar-refractivity contribution in [3.05, 3.63) is 41.9 Å². The Bertz CT molecular complexity index is 670. The van der Waals surface area contributed by atoms with Gasteiger partial charge in [-0.2, -0.15) is 0 Å². The molecular formula is C18H24N4O2. The van der Waals surface area contributed by atoms with E-state index in [1.54, 1.807) is 26.6 Å². The second kappa shape index (κ2) is 7.49. The molecule has 1 saturated heterocycles. The highest BCUT2D eigenvalue weighted by atomic mass is 16.5. The Morgan fingerprint density at radius 2 is 1.71 bits per heavy atom. The molecule has 0 spiro atoms. The summed E-state index contributed by atoms with van der Waals surface area (Å²) in [4.78, 5) is 13.3. The molecule has 0 aliphatic carbocycles. The van der Waals surface area contributed by atoms with Crippen molar-refractivity contribution in [3.63, 3.8) is 0 Å². The lowest BCUT2D eigenvalue weighted by atomic mass is 10.1. The van der Waals surface area contributed by atoms with Gasteiger partial charge in [-0.15, -0.1) is 0 Å². The normalized spacial score (nSPS) is 15.4. The fourth-order valence-corrected chi connectivity index (χ4v) is 3.02. The maximum atomic E-state index is 5.43. The molecule has 6 heteroatoms. The fraction of sp³-hybridized carbons (Fsp3) is 0.444. The van der Waals surface area contributed by atoms with Crippen LogP contribution < -0.4 is 14.4 Å². The molecule has 0 unspecified atom stereocenters. The molecular weight excluding hydrogens is 304 g/mol. The van der Waals surface area contributed by atoms with Crippen molar-refractivity contribution in [2.75, 3.05) is 45.3 Å². The van der Waals surface area contributed by atoms with Crippen LogP contribution in [0.3, 0.4) is 0 Å². The average molecular weight is 328 g/mol. The lowest BCUT2D eigenvalue weighted by Gasteiger charge is -2.35. The number of piperazine rings is 1. The fourth-order valence-electron chi connectivity index (χ4n) is 3.02. The lowest BCUT2D eigenvalue weighted by Crippen LogP contribution is -2.46. The van der Waals surface area contributed by atoms with Gasteiger partial charge in [0, 0.05) is 45.1 Å². The van der Waals surface area contributed by atoms with Crippen LogP contribution in [-0.2, 0) is 6.54 Å². The summed E-state index contributed by atoms with van der Waals surface area (Å²) in [5.41, 5.74) is 2.50. The zero-order chi connectivity index (χ0) is 16.9. The largest absolute Gasteiger partial charge is 0.493 e. The van der Waals surface area contributed by atoms with Crippen LogP contribution >= 0.6 is 0 Å². The number of anilines is 1. The Morgan fingerprint density at radius 1 is 1.00 bits per heavy atom. The number of aromatic nitrogens is 2. The van der Waals surface area contributed by atoms with Gasteiger partial charge in [0.25, 0.3) is 0 Å². The highest BCUT2D eigenvalue weighted by Crippen LogP contribution is 2.31. The van der Waals surface area contributed by atoms with E-state index in [2.05, 4.69) is 32.8 Å². The third-order valence-electron chi connectivity index (χ3n) is 4.48. The van der Waals surface area contributed by atoms with E-state index in [4.69, 9.17) is 9.47 Å². The molecule has 0 saturated carbocycles. The Hall–Kier alpha value is -2.34. The van der Waals surface area contributed by atoms with Gasteiger partial charge >= 0.3 is 0 Å². The highest BCUT2D eigenvalue weighted by Gasteiger charge is 2.19. The monoisotopic (exact) mass is 328 g/mol. The van der Waals surface area contributed by atoms with Crippen LogP contribution in [0.2, 0.25) is 0 Å². The second-order valence-electron chi connectivity index (χ2n) is 5.96. The van der Waals surface area contributed by atoms with Crippen LogP contribution in [0, 0.1) is 6.92 Å². The highest BCUT2D eigenvalue weighted by molar-refractivity contribution is 5.47. The number of aryl methyl sites for hydroxylation is 1. The van der Waals surface area contributed by atoms with Gasteiger partial charge in [0.1, 0.15) is 5.82 Å². The van der Waals surface area contributed by atoms with Gasteiger partial charge in [-0.3, -0.25) is 9.88 Å². The standard InChI is InChI=1S/C18H24N4O2/c1-14-10-16(23-2)17(24-3)11-15(14)13-21-6-8-22(9-7-21)18-12-19-4-5-20-18/h4-5,10-12H,6-9,13H2,1-3H3. The summed E-state index contributed by atoms with van der Waals surface area (Å²) in [6.45, 7) is 6.97. The van der Waals surface area contributed by atoms with Crippen molar-refractivity contribution in [2.45, 2.75) is 13.5 Å². The van der Waals surface area contributed by atoms with Crippen molar-refractivity contribution in [3.8, 4) is 11.5 Å². The molecule has 1 aromatic heterocycles. The van der Waals surface area contributed by atoms with Crippen LogP contribution in [0.5, 0.6) is 11.5 Å². The first-order valence-corrected chi connectivity index (χ1v) is 8.16. The van der Waals surface area contributed by atoms with Gasteiger partial charge in [0.15, 0.2) is 11.5 Å². The van der Waals surface area contributed by atoms with Crippen molar-refractivity contribution < 1.29 is 9.47 Å². The van der Waals surface area contributed by atoms with Crippen LogP contribution in [0.15, 0.2) is 30.7 Å². The van der Waals surface area contributed by atoms with E-state index < -0.39 is 0 Å². The number of ether oxygens (including phenoxy) is 2. The molecule has 0 bridgehead atoms. The second-order valence-corrected chi connectivity index (χ2v) is 5.96. The predicted octanol–water partition coefficient (Wildman–Crippen LogP) is 2.12. The van der Waals surface area contributed by atoms with E-state index in [1.165, 1.54) is 11.1 Å². The van der Waals surface area contributed by atoms with Gasteiger partial charge in [-0.05, 0) is 30.2 Å². The topological polar surface area (TPSA) is 50.7 Å². The van der Waals surface area contributed by atoms with Gasteiger partial charge in [-0.25, -0.2) is 4.98 Å². The molecule has 2 aromatic rings. The molecule has 1 aliphatic heterocycles. The van der Waals surface area contributed by atoms with Gasteiger partial charge < -0.3 is 14.4 Å². The van der Waals surface area contributed by atoms with E-state index in [9.17, 15) is 0 Å². The average Bonchev–Trinajstić information content (AvgIpc) is 2.64. The molecule has 1 aliphatic rings. The zero-order valence-corrected chi connectivity index (χ0v) is 14.5. The summed E-state index contributed by atoms with van der Waals surface area (Å²) < 4.78 is 10.8. The van der Waals surface area contributed by atoms with Crippen molar-refractivity contribution >= 4 is 5.82 Å². The van der Waals surface area contributed by atoms with Crippen molar-refractivity contribution in [1.82, 2.24) is 14.9 Å². The molecule has 0 radical (unpaired) electrons. The molecule has 3 rings (SSSR count). The summed E-state index contributed by atoms with van der Waals surface area (Å²) in [7, 11) is 3.35. The first-order chi connectivity index (χ1) is 11.7. The smallest absolute Gasteiger partial charge is 0.161 e. The molecule has 1 fully saturated rings. The van der Waals surface area contributed by atoms with E-state index >= 15 is 0 Å². The van der Waals surface area contributed by atoms with Gasteiger partial charge in [0.2, 0.25) is 0 Å². The quantitative estimate of drug-likeness (QED) is 0.838. The van der Waals surface area contributed by atoms with Crippen LogP contribution in [0.25, 0.3) is 0 Å². The van der Waals surface area contributed by atoms with Gasteiger partial charge in [0.05, 0.1) is 20.4 Å². The number of benzene rings is 1. The summed E-state index contributed by atoms with van der Waals surface area (Å²) in [6.07, 6.45) is 5.28. The lowest BCUT2D eigenvalue weighted by molar-refractivity contribution is 0.248. The molecule has 128 valence electrons. The van der Waals surface area contributed by atoms with Crippen LogP contribution in [0.4, 0.5) is 5.82 Å². The van der Waals surface area contributed by atoms with E-state index in [1.807, 2.05) is 12.3 Å². The molecule has 0 atom stereocenters. The van der Waals surface area contributed by atoms with E-state index in [-0.39, 0.29) is 0 Å². The molecule has 1 aromatic carbocycles. The summed E-state index contributed by atoms with van der Waals surface area (Å²) in [5, 5.41) is 0. The summed E-state index contributed by atoms with van der Waals surface area (Å²) in [5.74, 6) is 2.53. The zero-order valence-electron chi connectivity index (χ0n) is 14.5. The first-order valence-electron chi connectivity index (χ1n) is 8.16. The van der Waals surface area contributed by atoms with Gasteiger partial charge in [-0.1, -0.05) is 0 Å². The van der Waals surface area contributed by atoms with E-state index in [0.717, 1.165) is 50.0 Å². The Kier molecular flexibility index (Phi) is 5.15. The summed E-state index contributed by atoms with van der Waals surface area (Å²) >= 11 is 0. The maximum Gasteiger partial charge on any atom is 0.161 e. The Labute approximate surface area is 143 Å². The third kappa shape index (κ3) is 3.59. The Balaban J connectivity index is 1.64. The predicted molar refractivity (Wildman–Crippen MR) is 93.8 cm³/mol. The molecule has 6 nitrogen and oxygen atoms in total. The minimum absolute atomic E-state index is 0.784. The number of nitrogens with zero attached hydrogens (tertiary/aromatic N) is 4. The summed E-state index contributed by atoms with van der Waals surface area (Å²) in [6, 6.07) is 4.13. The minimum atomic E-state index is 0.784. The molecule has 2 heterocycles. The third-order valence-corrected chi connectivity index (χ3v) is 4.48. The minimum Gasteiger partial charge on any atom is -0.493 e. The molecule has 0 N–H and O–H groups in total. The molecule has 0 amide bonds. The SMILES string of the molecule is COc1cc(C)c(CN2CCN(c3cnccn3)CC2)cc1OC. The number of rotatable bonds is 5. The van der Waals surface area contributed by atoms with Crippen LogP contribution in [-0.4, -0.2) is 55.3 Å². The first kappa shape index (κ1) is 16.5.